The van der Waals surface area contributed by atoms with Gasteiger partial charge in [-0.25, -0.2) is 15.2 Å². The molecule has 1 saturated heterocycles. The highest BCUT2D eigenvalue weighted by atomic mass is 32.1. The molecule has 1 fully saturated rings. The van der Waals surface area contributed by atoms with E-state index < -0.39 is 60.0 Å². The second kappa shape index (κ2) is 13.1. The topological polar surface area (TPSA) is 219 Å². The highest BCUT2D eigenvalue weighted by Crippen LogP contribution is 2.47. The van der Waals surface area contributed by atoms with E-state index in [1.54, 1.807) is 13.8 Å². The maximum atomic E-state index is 14.4. The summed E-state index contributed by atoms with van der Waals surface area (Å²) in [5.41, 5.74) is 2.67. The van der Waals surface area contributed by atoms with Gasteiger partial charge in [0.15, 0.2) is 27.5 Å². The summed E-state index contributed by atoms with van der Waals surface area (Å²) in [5, 5.41) is 47.9. The van der Waals surface area contributed by atoms with E-state index in [0.717, 1.165) is 0 Å². The van der Waals surface area contributed by atoms with Crippen molar-refractivity contribution in [2.45, 2.75) is 96.4 Å². The summed E-state index contributed by atoms with van der Waals surface area (Å²) in [5.74, 6) is 0.00662. The Balaban J connectivity index is 1.96. The molecule has 18 heteroatoms. The number of fused-ring (bicyclic) bond motifs is 1. The molecule has 1 unspecified atom stereocenters. The molecule has 0 aromatic carbocycles. The Bertz CT molecular complexity index is 1390. The molecule has 0 radical (unpaired) electrons. The lowest BCUT2D eigenvalue weighted by molar-refractivity contribution is -0.0947. The predicted molar refractivity (Wildman–Crippen MR) is 168 cm³/mol. The lowest BCUT2D eigenvalue weighted by Gasteiger charge is -2.40. The molecular weight excluding hydrogens is 621 g/mol. The second-order valence-electron chi connectivity index (χ2n) is 12.0. The molecule has 2 aromatic rings. The number of rotatable bonds is 14. The Kier molecular flexibility index (Phi) is 10.8. The van der Waals surface area contributed by atoms with E-state index in [0.29, 0.717) is 0 Å². The zero-order valence-electron chi connectivity index (χ0n) is 25.3. The summed E-state index contributed by atoms with van der Waals surface area (Å²) in [6.07, 6.45) is -1.85. The number of anilines is 1. The van der Waals surface area contributed by atoms with Crippen LogP contribution in [0.25, 0.3) is 11.2 Å². The molecule has 0 aliphatic carbocycles. The predicted octanol–water partition coefficient (Wildman–Crippen LogP) is 2.86. The van der Waals surface area contributed by atoms with Crippen molar-refractivity contribution >= 4 is 59.3 Å². The summed E-state index contributed by atoms with van der Waals surface area (Å²) in [7, 11) is -2.83. The number of nitrogens with two attached hydrogens (primary N) is 1. The second-order valence-corrected chi connectivity index (χ2v) is 14.6. The van der Waals surface area contributed by atoms with Crippen molar-refractivity contribution in [2.75, 3.05) is 19.5 Å². The van der Waals surface area contributed by atoms with E-state index in [9.17, 15) is 25.0 Å². The van der Waals surface area contributed by atoms with Gasteiger partial charge in [0, 0.05) is 0 Å². The van der Waals surface area contributed by atoms with Crippen molar-refractivity contribution in [2.24, 2.45) is 5.41 Å². The van der Waals surface area contributed by atoms with Crippen LogP contribution in [0.3, 0.4) is 0 Å². The lowest BCUT2D eigenvalue weighted by atomic mass is 9.79. The van der Waals surface area contributed by atoms with Crippen LogP contribution < -0.4 is 20.6 Å². The smallest absolute Gasteiger partial charge is 0.342 e. The summed E-state index contributed by atoms with van der Waals surface area (Å²) < 4.78 is 33.0. The molecule has 3 rings (SSSR count). The molecule has 8 N–H and O–H groups in total. The van der Waals surface area contributed by atoms with Crippen molar-refractivity contribution < 1.29 is 39.0 Å². The number of methoxy groups -OCH3 is 1. The minimum Gasteiger partial charge on any atom is -0.501 e. The van der Waals surface area contributed by atoms with Gasteiger partial charge in [-0.1, -0.05) is 34.6 Å². The van der Waals surface area contributed by atoms with Crippen molar-refractivity contribution in [3.05, 3.63) is 6.33 Å². The number of hydrogen-bond acceptors (Lipinski definition) is 12. The number of nitrogen functional groups attached to an aromatic ring is 1. The van der Waals surface area contributed by atoms with Gasteiger partial charge < -0.3 is 40.2 Å². The quantitative estimate of drug-likeness (QED) is 0.114. The molecule has 43 heavy (non-hydrogen) atoms. The van der Waals surface area contributed by atoms with Crippen LogP contribution in [0.4, 0.5) is 5.95 Å². The van der Waals surface area contributed by atoms with Crippen LogP contribution in [0.1, 0.15) is 67.0 Å². The van der Waals surface area contributed by atoms with E-state index in [-0.39, 0.29) is 47.7 Å². The fourth-order valence-corrected chi connectivity index (χ4v) is 7.95. The third kappa shape index (κ3) is 7.60. The zero-order chi connectivity index (χ0) is 32.5. The molecule has 0 amide bonds. The number of aliphatic hydroxyl groups is 4. The van der Waals surface area contributed by atoms with E-state index in [1.165, 1.54) is 24.9 Å². The molecule has 0 saturated carbocycles. The number of imidazole rings is 1. The number of nitrogens with zero attached hydrogens (tertiary/aromatic N) is 4. The van der Waals surface area contributed by atoms with Gasteiger partial charge in [-0.2, -0.15) is 9.97 Å². The van der Waals surface area contributed by atoms with Crippen LogP contribution in [0.2, 0.25) is 0 Å². The molecule has 2 aromatic heterocycles. The molecule has 0 bridgehead atoms. The third-order valence-corrected chi connectivity index (χ3v) is 9.83. The molecule has 7 atom stereocenters. The number of nitrogens with one attached hydrogen (secondary N) is 2. The third-order valence-electron chi connectivity index (χ3n) is 7.27. The zero-order valence-corrected chi connectivity index (χ0v) is 27.8. The lowest BCUT2D eigenvalue weighted by Crippen LogP contribution is -2.54. The van der Waals surface area contributed by atoms with Crippen LogP contribution in [0.15, 0.2) is 6.33 Å². The van der Waals surface area contributed by atoms with Crippen LogP contribution in [0, 0.1) is 5.41 Å². The molecule has 1 aliphatic rings. The SMILES string of the molecule is CC[C@H](NP(=O)(N[C@@](CC)(CC(C)(C)C)C(O)=S)OC[C@H]1O[C@@H](n2cnc3c(OC)nc(N)nc32)[C@](C)(O)[C@@H]1O)C(O)=S. The Morgan fingerprint density at radius 2 is 1.95 bits per heavy atom. The molecule has 15 nitrogen and oxygen atoms in total. The summed E-state index contributed by atoms with van der Waals surface area (Å²) in [6, 6.07) is -0.924. The molecule has 1 aliphatic heterocycles. The summed E-state index contributed by atoms with van der Waals surface area (Å²) in [4.78, 5) is 12.4. The first-order valence-corrected chi connectivity index (χ1v) is 16.1. The van der Waals surface area contributed by atoms with Crippen LogP contribution in [-0.2, 0) is 13.8 Å². The van der Waals surface area contributed by atoms with Crippen molar-refractivity contribution in [1.82, 2.24) is 29.7 Å². The van der Waals surface area contributed by atoms with Gasteiger partial charge in [0.1, 0.15) is 17.8 Å². The Morgan fingerprint density at radius 3 is 2.47 bits per heavy atom. The Labute approximate surface area is 261 Å². The maximum absolute atomic E-state index is 14.4. The van der Waals surface area contributed by atoms with Crippen molar-refractivity contribution in [3.63, 3.8) is 0 Å². The minimum absolute atomic E-state index is 0.106. The Hall–Kier alpha value is -2.08. The van der Waals surface area contributed by atoms with E-state index >= 15 is 0 Å². The number of thiocarbonyl (C=S) groups is 2. The van der Waals surface area contributed by atoms with Gasteiger partial charge in [-0.05, 0) is 56.0 Å². The van der Waals surface area contributed by atoms with Gasteiger partial charge in [-0.15, -0.1) is 0 Å². The standard InChI is InChI=1S/C25H42N7O8PS2/c1-8-13(19(34)42)30-41(37,31-25(9-2,21(35)43)11-23(3,4)5)39-10-14-16(33)24(6,36)20(40-14)32-12-27-15-17(32)28-22(26)29-18(15)38-7/h12-14,16,20,33,36H,8-11H2,1-7H3,(H,34,42)(H,35,43)(H2,26,28,29)(H2,30,31,37)/t13-,14+,16+,20+,24+,25-,41?/m0/s1. The fourth-order valence-electron chi connectivity index (χ4n) is 5.11. The first-order valence-electron chi connectivity index (χ1n) is 13.7. The molecule has 0 spiro atoms. The van der Waals surface area contributed by atoms with Gasteiger partial charge in [0.25, 0.3) is 0 Å². The first kappa shape index (κ1) is 35.4. The van der Waals surface area contributed by atoms with E-state index in [2.05, 4.69) is 25.1 Å². The van der Waals surface area contributed by atoms with Gasteiger partial charge in [0.05, 0.1) is 31.6 Å². The van der Waals surface area contributed by atoms with Gasteiger partial charge in [0.2, 0.25) is 11.8 Å². The summed E-state index contributed by atoms with van der Waals surface area (Å²) >= 11 is 10.1. The van der Waals surface area contributed by atoms with Crippen LogP contribution >= 0.6 is 32.1 Å². The monoisotopic (exact) mass is 663 g/mol. The average molecular weight is 664 g/mol. The molecule has 3 heterocycles. The minimum atomic E-state index is -4.22. The van der Waals surface area contributed by atoms with Crippen LogP contribution in [-0.4, -0.2) is 93.2 Å². The van der Waals surface area contributed by atoms with Gasteiger partial charge >= 0.3 is 7.67 Å². The highest BCUT2D eigenvalue weighted by molar-refractivity contribution is 7.80. The highest BCUT2D eigenvalue weighted by Gasteiger charge is 2.54. The molecule has 242 valence electrons. The largest absolute Gasteiger partial charge is 0.501 e. The molecular formula is C25H42N7O8PS2. The number of ether oxygens (including phenoxy) is 2. The van der Waals surface area contributed by atoms with Crippen molar-refractivity contribution in [1.29, 1.82) is 0 Å². The average Bonchev–Trinajstić information content (AvgIpc) is 3.41. The number of aliphatic hydroxyl groups excluding tert-OH is 3. The van der Waals surface area contributed by atoms with E-state index in [1.807, 2.05) is 20.8 Å². The fraction of sp³-hybridized carbons (Fsp3) is 0.720. The number of aromatic nitrogens is 4. The number of hydrogen-bond donors (Lipinski definition) is 7. The van der Waals surface area contributed by atoms with Gasteiger partial charge in [-0.3, -0.25) is 9.13 Å². The first-order chi connectivity index (χ1) is 19.8. The van der Waals surface area contributed by atoms with E-state index in [4.69, 9.17) is 44.2 Å². The Morgan fingerprint density at radius 1 is 1.30 bits per heavy atom. The summed E-state index contributed by atoms with van der Waals surface area (Å²) in [6.45, 7) is 10.2. The van der Waals surface area contributed by atoms with Crippen molar-refractivity contribution in [3.8, 4) is 5.88 Å². The maximum Gasteiger partial charge on any atom is 0.342 e. The normalized spacial score (nSPS) is 26.1. The van der Waals surface area contributed by atoms with Crippen LogP contribution in [0.5, 0.6) is 5.88 Å².